The second-order valence-corrected chi connectivity index (χ2v) is 11.2. The molecule has 5 aromatic rings. The summed E-state index contributed by atoms with van der Waals surface area (Å²) in [7, 11) is 3.19. The molecule has 2 unspecified atom stereocenters. The molecule has 6 rings (SSSR count). The maximum absolute atomic E-state index is 12.6. The number of fused-ring (bicyclic) bond motifs is 1. The zero-order valence-corrected chi connectivity index (χ0v) is 27.1. The van der Waals surface area contributed by atoms with E-state index in [1.807, 2.05) is 78.9 Å². The lowest BCUT2D eigenvalue weighted by molar-refractivity contribution is -0.154. The Morgan fingerprint density at radius 1 is 0.980 bits per heavy atom. The van der Waals surface area contributed by atoms with Crippen LogP contribution in [0.15, 0.2) is 90.0 Å². The van der Waals surface area contributed by atoms with Crippen molar-refractivity contribution in [3.63, 3.8) is 0 Å². The van der Waals surface area contributed by atoms with Crippen molar-refractivity contribution < 1.29 is 38.3 Å². The fourth-order valence-corrected chi connectivity index (χ4v) is 6.04. The third kappa shape index (κ3) is 6.58. The van der Waals surface area contributed by atoms with Crippen LogP contribution in [0.5, 0.6) is 11.5 Å². The number of esters is 1. The number of H-pyrrole nitrogens is 1. The number of nitrogens with zero attached hydrogens (tertiary/aromatic N) is 3. The zero-order chi connectivity index (χ0) is 34.5. The molecule has 1 saturated heterocycles. The van der Waals surface area contributed by atoms with E-state index in [1.165, 1.54) is 10.9 Å². The van der Waals surface area contributed by atoms with E-state index >= 15 is 0 Å². The van der Waals surface area contributed by atoms with Gasteiger partial charge in [0.1, 0.15) is 42.0 Å². The molecule has 0 amide bonds. The van der Waals surface area contributed by atoms with Gasteiger partial charge in [-0.05, 0) is 47.9 Å². The lowest BCUT2D eigenvalue weighted by atomic mass is 9.80. The zero-order valence-electron chi connectivity index (χ0n) is 27.1. The predicted octanol–water partition coefficient (Wildman–Crippen LogP) is 2.93. The SMILES string of the molecule is CCOC(=O)COC1C(O)[C@@H](COC(c2ccccc2)(c2ccc(OC)cc2)c2ccc(OC)cc2)O[C@H]1n1cnc2c(=O)[nH]c(N)nc21. The fourth-order valence-electron chi connectivity index (χ4n) is 6.04. The van der Waals surface area contributed by atoms with Gasteiger partial charge in [-0.1, -0.05) is 54.6 Å². The molecular weight excluding hydrogens is 634 g/mol. The van der Waals surface area contributed by atoms with Crippen LogP contribution in [0, 0.1) is 0 Å². The first-order valence-corrected chi connectivity index (χ1v) is 15.6. The largest absolute Gasteiger partial charge is 0.497 e. The molecule has 1 aliphatic rings. The molecule has 4 atom stereocenters. The highest BCUT2D eigenvalue weighted by Gasteiger charge is 2.48. The first-order valence-electron chi connectivity index (χ1n) is 15.6. The Morgan fingerprint density at radius 2 is 1.59 bits per heavy atom. The molecule has 0 saturated carbocycles. The van der Waals surface area contributed by atoms with Crippen LogP contribution >= 0.6 is 0 Å². The Morgan fingerprint density at radius 3 is 2.18 bits per heavy atom. The number of methoxy groups -OCH3 is 2. The molecule has 3 aromatic carbocycles. The van der Waals surface area contributed by atoms with Gasteiger partial charge in [0.2, 0.25) is 5.95 Å². The van der Waals surface area contributed by atoms with E-state index in [0.29, 0.717) is 11.5 Å². The second kappa shape index (κ2) is 14.5. The summed E-state index contributed by atoms with van der Waals surface area (Å²) >= 11 is 0. The molecule has 1 aliphatic heterocycles. The van der Waals surface area contributed by atoms with Crippen molar-refractivity contribution in [3.8, 4) is 11.5 Å². The third-order valence-corrected chi connectivity index (χ3v) is 8.37. The van der Waals surface area contributed by atoms with Gasteiger partial charge in [-0.15, -0.1) is 0 Å². The van der Waals surface area contributed by atoms with Gasteiger partial charge in [0, 0.05) is 0 Å². The van der Waals surface area contributed by atoms with Gasteiger partial charge < -0.3 is 39.3 Å². The van der Waals surface area contributed by atoms with E-state index in [2.05, 4.69) is 15.0 Å². The second-order valence-electron chi connectivity index (χ2n) is 11.2. The highest BCUT2D eigenvalue weighted by atomic mass is 16.6. The Kier molecular flexibility index (Phi) is 9.92. The van der Waals surface area contributed by atoms with Gasteiger partial charge in [0.15, 0.2) is 17.4 Å². The monoisotopic (exact) mass is 671 g/mol. The number of aromatic nitrogens is 4. The molecule has 0 spiro atoms. The number of nitrogens with two attached hydrogens (primary N) is 1. The summed E-state index contributed by atoms with van der Waals surface area (Å²) in [5.41, 5.74) is 6.59. The standard InChI is InChI=1S/C35H37N5O9/c1-4-46-27(41)19-47-30-29(42)26(49-33(30)40-20-37-28-31(40)38-34(36)39-32(28)43)18-48-35(21-8-6-5-7-9-21,22-10-14-24(44-2)15-11-22)23-12-16-25(45-3)17-13-23/h5-17,20,26,29-30,33,42H,4,18-19H2,1-3H3,(H3,36,38,39,43)/t26-,29?,30?,33-/m1/s1. The number of ether oxygens (including phenoxy) is 6. The number of anilines is 1. The van der Waals surface area contributed by atoms with Crippen molar-refractivity contribution in [3.05, 3.63) is 112 Å². The summed E-state index contributed by atoms with van der Waals surface area (Å²) in [4.78, 5) is 35.7. The maximum Gasteiger partial charge on any atom is 0.332 e. The Balaban J connectivity index is 1.40. The van der Waals surface area contributed by atoms with Crippen LogP contribution in [0.25, 0.3) is 11.2 Å². The summed E-state index contributed by atoms with van der Waals surface area (Å²) in [6, 6.07) is 24.7. The van der Waals surface area contributed by atoms with Gasteiger partial charge in [-0.2, -0.15) is 4.98 Å². The summed E-state index contributed by atoms with van der Waals surface area (Å²) < 4.78 is 36.7. The van der Waals surface area contributed by atoms with Gasteiger partial charge in [0.25, 0.3) is 5.56 Å². The minimum Gasteiger partial charge on any atom is -0.497 e. The van der Waals surface area contributed by atoms with Crippen molar-refractivity contribution in [2.24, 2.45) is 0 Å². The number of rotatable bonds is 13. The predicted molar refractivity (Wildman–Crippen MR) is 177 cm³/mol. The molecule has 14 nitrogen and oxygen atoms in total. The lowest BCUT2D eigenvalue weighted by Crippen LogP contribution is -2.40. The number of imidazole rings is 1. The van der Waals surface area contributed by atoms with E-state index in [1.54, 1.807) is 21.1 Å². The molecule has 1 fully saturated rings. The number of carbonyl (C=O) groups excluding carboxylic acids is 1. The molecule has 256 valence electrons. The van der Waals surface area contributed by atoms with E-state index in [4.69, 9.17) is 34.2 Å². The summed E-state index contributed by atoms with van der Waals surface area (Å²) in [5.74, 6) is 0.581. The van der Waals surface area contributed by atoms with Gasteiger partial charge >= 0.3 is 5.97 Å². The summed E-state index contributed by atoms with van der Waals surface area (Å²) in [6.45, 7) is 1.23. The average molecular weight is 672 g/mol. The van der Waals surface area contributed by atoms with Crippen LogP contribution in [-0.4, -0.2) is 82.9 Å². The summed E-state index contributed by atoms with van der Waals surface area (Å²) in [5, 5.41) is 11.7. The van der Waals surface area contributed by atoms with E-state index in [9.17, 15) is 14.7 Å². The van der Waals surface area contributed by atoms with Crippen LogP contribution in [0.1, 0.15) is 29.8 Å². The molecule has 0 bridgehead atoms. The molecule has 0 aliphatic carbocycles. The maximum atomic E-state index is 12.6. The highest BCUT2D eigenvalue weighted by molar-refractivity contribution is 5.71. The van der Waals surface area contributed by atoms with Crippen LogP contribution in [0.4, 0.5) is 5.95 Å². The molecule has 49 heavy (non-hydrogen) atoms. The van der Waals surface area contributed by atoms with Gasteiger partial charge in [-0.3, -0.25) is 14.3 Å². The molecule has 0 radical (unpaired) electrons. The fraction of sp³-hybridized carbons (Fsp3) is 0.314. The van der Waals surface area contributed by atoms with Crippen LogP contribution < -0.4 is 20.8 Å². The average Bonchev–Trinajstić information content (AvgIpc) is 3.68. The number of benzene rings is 3. The Labute approximate surface area is 281 Å². The number of aromatic amines is 1. The van der Waals surface area contributed by atoms with Crippen LogP contribution in [0.2, 0.25) is 0 Å². The van der Waals surface area contributed by atoms with Gasteiger partial charge in [0.05, 0.1) is 33.8 Å². The van der Waals surface area contributed by atoms with Crippen molar-refractivity contribution in [2.45, 2.75) is 37.1 Å². The number of aliphatic hydroxyl groups is 1. The summed E-state index contributed by atoms with van der Waals surface area (Å²) in [6.07, 6.45) is -3.16. The van der Waals surface area contributed by atoms with E-state index < -0.39 is 48.3 Å². The van der Waals surface area contributed by atoms with Crippen molar-refractivity contribution in [2.75, 3.05) is 39.8 Å². The quantitative estimate of drug-likeness (QED) is 0.123. The minimum absolute atomic E-state index is 0.0123. The number of hydrogen-bond donors (Lipinski definition) is 3. The number of aliphatic hydroxyl groups excluding tert-OH is 1. The van der Waals surface area contributed by atoms with Crippen molar-refractivity contribution in [1.29, 1.82) is 0 Å². The molecule has 14 heteroatoms. The van der Waals surface area contributed by atoms with E-state index in [0.717, 1.165) is 16.7 Å². The lowest BCUT2D eigenvalue weighted by Gasteiger charge is -2.37. The van der Waals surface area contributed by atoms with Gasteiger partial charge in [-0.25, -0.2) is 9.78 Å². The van der Waals surface area contributed by atoms with Crippen molar-refractivity contribution >= 4 is 23.1 Å². The molecular formula is C35H37N5O9. The molecule has 3 heterocycles. The first-order chi connectivity index (χ1) is 23.8. The molecule has 4 N–H and O–H groups in total. The number of hydrogen-bond acceptors (Lipinski definition) is 12. The third-order valence-electron chi connectivity index (χ3n) is 8.37. The highest BCUT2D eigenvalue weighted by Crippen LogP contribution is 2.43. The molecule has 2 aromatic heterocycles. The number of nitrogen functional groups attached to an aromatic ring is 1. The topological polar surface area (TPSA) is 182 Å². The first kappa shape index (κ1) is 33.6. The Bertz CT molecular complexity index is 1880. The number of carbonyl (C=O) groups is 1. The van der Waals surface area contributed by atoms with Crippen LogP contribution in [0.3, 0.4) is 0 Å². The number of nitrogens with one attached hydrogen (secondary N) is 1. The van der Waals surface area contributed by atoms with E-state index in [-0.39, 0.29) is 30.3 Å². The van der Waals surface area contributed by atoms with Crippen molar-refractivity contribution in [1.82, 2.24) is 19.5 Å². The van der Waals surface area contributed by atoms with Crippen LogP contribution in [-0.2, 0) is 29.3 Å². The Hall–Kier alpha value is -5.28. The minimum atomic E-state index is -1.31. The smallest absolute Gasteiger partial charge is 0.332 e. The normalized spacial score (nSPS) is 19.2.